The predicted molar refractivity (Wildman–Crippen MR) is 74.2 cm³/mol. The molecule has 0 amide bonds. The molecule has 1 aromatic heterocycles. The van der Waals surface area contributed by atoms with Crippen molar-refractivity contribution in [2.75, 3.05) is 11.9 Å². The van der Waals surface area contributed by atoms with Gasteiger partial charge in [-0.3, -0.25) is 10.1 Å². The molecule has 0 radical (unpaired) electrons. The van der Waals surface area contributed by atoms with E-state index in [4.69, 9.17) is 5.26 Å². The summed E-state index contributed by atoms with van der Waals surface area (Å²) in [6.07, 6.45) is 1.52. The molecule has 0 aliphatic heterocycles. The van der Waals surface area contributed by atoms with E-state index in [1.54, 1.807) is 30.1 Å². The highest BCUT2D eigenvalue weighted by molar-refractivity contribution is 5.57. The van der Waals surface area contributed by atoms with Gasteiger partial charge >= 0.3 is 5.69 Å². The van der Waals surface area contributed by atoms with Gasteiger partial charge < -0.3 is 4.90 Å². The molecule has 0 aliphatic rings. The highest BCUT2D eigenvalue weighted by atomic mass is 16.6. The highest BCUT2D eigenvalue weighted by Gasteiger charge is 2.17. The number of nitrogens with zero attached hydrogens (tertiary/aromatic N) is 4. The summed E-state index contributed by atoms with van der Waals surface area (Å²) in [5.74, 6) is 0.305. The molecule has 0 fully saturated rings. The second-order valence-electron chi connectivity index (χ2n) is 4.27. The minimum Gasteiger partial charge on any atom is -0.350 e. The second-order valence-corrected chi connectivity index (χ2v) is 4.27. The monoisotopic (exact) mass is 268 g/mol. The van der Waals surface area contributed by atoms with Gasteiger partial charge in [-0.05, 0) is 23.8 Å². The third kappa shape index (κ3) is 2.90. The topological polar surface area (TPSA) is 83.1 Å². The van der Waals surface area contributed by atoms with Crippen LogP contribution < -0.4 is 4.90 Å². The van der Waals surface area contributed by atoms with Gasteiger partial charge in [0.1, 0.15) is 0 Å². The third-order valence-corrected chi connectivity index (χ3v) is 2.80. The van der Waals surface area contributed by atoms with E-state index in [1.807, 2.05) is 6.07 Å². The summed E-state index contributed by atoms with van der Waals surface area (Å²) in [6.45, 7) is 0.438. The second kappa shape index (κ2) is 5.80. The van der Waals surface area contributed by atoms with Gasteiger partial charge in [0.25, 0.3) is 0 Å². The Labute approximate surface area is 116 Å². The first-order chi connectivity index (χ1) is 9.61. The zero-order chi connectivity index (χ0) is 14.5. The van der Waals surface area contributed by atoms with E-state index in [1.165, 1.54) is 18.3 Å². The van der Waals surface area contributed by atoms with Crippen molar-refractivity contribution in [3.63, 3.8) is 0 Å². The van der Waals surface area contributed by atoms with E-state index in [-0.39, 0.29) is 5.69 Å². The fourth-order valence-electron chi connectivity index (χ4n) is 1.91. The lowest BCUT2D eigenvalue weighted by atomic mass is 10.1. The Balaban J connectivity index is 2.26. The van der Waals surface area contributed by atoms with Crippen molar-refractivity contribution in [1.82, 2.24) is 4.98 Å². The van der Waals surface area contributed by atoms with Gasteiger partial charge in [-0.2, -0.15) is 5.26 Å². The molecule has 0 aliphatic carbocycles. The minimum atomic E-state index is -0.454. The van der Waals surface area contributed by atoms with Crippen molar-refractivity contribution < 1.29 is 4.92 Å². The average molecular weight is 268 g/mol. The molecule has 6 heteroatoms. The zero-order valence-corrected chi connectivity index (χ0v) is 10.9. The molecule has 0 N–H and O–H groups in total. The maximum Gasteiger partial charge on any atom is 0.311 e. The van der Waals surface area contributed by atoms with Crippen LogP contribution in [0.25, 0.3) is 0 Å². The summed E-state index contributed by atoms with van der Waals surface area (Å²) < 4.78 is 0. The third-order valence-electron chi connectivity index (χ3n) is 2.80. The normalized spacial score (nSPS) is 9.80. The minimum absolute atomic E-state index is 0.0357. The Morgan fingerprint density at radius 3 is 2.90 bits per heavy atom. The van der Waals surface area contributed by atoms with Gasteiger partial charge in [0.05, 0.1) is 16.6 Å². The Morgan fingerprint density at radius 2 is 2.20 bits per heavy atom. The van der Waals surface area contributed by atoms with Crippen molar-refractivity contribution in [1.29, 1.82) is 5.26 Å². The number of hydrogen-bond acceptors (Lipinski definition) is 5. The maximum absolute atomic E-state index is 11.0. The number of anilines is 1. The number of benzene rings is 1. The fraction of sp³-hybridized carbons (Fsp3) is 0.143. The van der Waals surface area contributed by atoms with E-state index >= 15 is 0 Å². The molecule has 20 heavy (non-hydrogen) atoms. The highest BCUT2D eigenvalue weighted by Crippen LogP contribution is 2.25. The fourth-order valence-corrected chi connectivity index (χ4v) is 1.91. The summed E-state index contributed by atoms with van der Waals surface area (Å²) in [6, 6.07) is 12.1. The Morgan fingerprint density at radius 1 is 1.40 bits per heavy atom. The average Bonchev–Trinajstić information content (AvgIpc) is 2.47. The number of nitriles is 1. The molecule has 0 unspecified atom stereocenters. The first-order valence-corrected chi connectivity index (χ1v) is 5.91. The van der Waals surface area contributed by atoms with Crippen LogP contribution in [0, 0.1) is 21.4 Å². The van der Waals surface area contributed by atoms with Gasteiger partial charge in [0.2, 0.25) is 5.82 Å². The van der Waals surface area contributed by atoms with Crippen LogP contribution in [0.3, 0.4) is 0 Å². The van der Waals surface area contributed by atoms with Crippen LogP contribution >= 0.6 is 0 Å². The quantitative estimate of drug-likeness (QED) is 0.628. The number of pyridine rings is 1. The van der Waals surface area contributed by atoms with Gasteiger partial charge in [0.15, 0.2) is 0 Å². The van der Waals surface area contributed by atoms with Crippen LogP contribution in [0.4, 0.5) is 11.5 Å². The maximum atomic E-state index is 11.0. The van der Waals surface area contributed by atoms with Crippen LogP contribution in [0.1, 0.15) is 11.1 Å². The van der Waals surface area contributed by atoms with Crippen molar-refractivity contribution in [2.45, 2.75) is 6.54 Å². The van der Waals surface area contributed by atoms with E-state index in [0.717, 1.165) is 5.56 Å². The molecule has 6 nitrogen and oxygen atoms in total. The van der Waals surface area contributed by atoms with Gasteiger partial charge in [0, 0.05) is 25.9 Å². The van der Waals surface area contributed by atoms with Gasteiger partial charge in [-0.25, -0.2) is 4.98 Å². The molecule has 2 rings (SSSR count). The molecular weight excluding hydrogens is 256 g/mol. The largest absolute Gasteiger partial charge is 0.350 e. The van der Waals surface area contributed by atoms with Crippen molar-refractivity contribution in [2.24, 2.45) is 0 Å². The number of rotatable bonds is 4. The first-order valence-electron chi connectivity index (χ1n) is 5.91. The molecule has 2 aromatic rings. The van der Waals surface area contributed by atoms with Crippen LogP contribution in [0.5, 0.6) is 0 Å². The summed E-state index contributed by atoms with van der Waals surface area (Å²) in [5, 5.41) is 19.8. The number of nitro groups is 1. The molecule has 0 saturated heterocycles. The molecule has 0 atom stereocenters. The Kier molecular flexibility index (Phi) is 3.91. The van der Waals surface area contributed by atoms with Crippen molar-refractivity contribution in [3.05, 3.63) is 63.8 Å². The van der Waals surface area contributed by atoms with Gasteiger partial charge in [-0.15, -0.1) is 0 Å². The molecule has 1 heterocycles. The molecule has 0 bridgehead atoms. The zero-order valence-electron chi connectivity index (χ0n) is 10.9. The number of hydrogen-bond donors (Lipinski definition) is 0. The molecule has 0 saturated carbocycles. The summed E-state index contributed by atoms with van der Waals surface area (Å²) >= 11 is 0. The van der Waals surface area contributed by atoms with Crippen LogP contribution in [0.15, 0.2) is 42.6 Å². The van der Waals surface area contributed by atoms with E-state index < -0.39 is 4.92 Å². The Hall–Kier alpha value is -2.94. The lowest BCUT2D eigenvalue weighted by Crippen LogP contribution is -2.19. The predicted octanol–water partition coefficient (Wildman–Crippen LogP) is 2.50. The summed E-state index contributed by atoms with van der Waals surface area (Å²) in [4.78, 5) is 16.3. The summed E-state index contributed by atoms with van der Waals surface area (Å²) in [7, 11) is 1.73. The van der Waals surface area contributed by atoms with E-state index in [9.17, 15) is 10.1 Å². The standard InChI is InChI=1S/C14H12N4O2/c1-17(10-12-5-2-4-11(8-12)9-15)14-13(18(19)20)6-3-7-16-14/h2-8H,10H2,1H3. The van der Waals surface area contributed by atoms with E-state index in [0.29, 0.717) is 17.9 Å². The lowest BCUT2D eigenvalue weighted by molar-refractivity contribution is -0.384. The van der Waals surface area contributed by atoms with Crippen LogP contribution in [-0.2, 0) is 6.54 Å². The lowest BCUT2D eigenvalue weighted by Gasteiger charge is -2.17. The van der Waals surface area contributed by atoms with Gasteiger partial charge in [-0.1, -0.05) is 12.1 Å². The van der Waals surface area contributed by atoms with E-state index in [2.05, 4.69) is 11.1 Å². The van der Waals surface area contributed by atoms with Crippen molar-refractivity contribution in [3.8, 4) is 6.07 Å². The Bertz CT molecular complexity index is 679. The molecule has 1 aromatic carbocycles. The first kappa shape index (κ1) is 13.5. The van der Waals surface area contributed by atoms with Crippen LogP contribution in [-0.4, -0.2) is 17.0 Å². The summed E-state index contributed by atoms with van der Waals surface area (Å²) in [5.41, 5.74) is 1.42. The number of aromatic nitrogens is 1. The SMILES string of the molecule is CN(Cc1cccc(C#N)c1)c1ncccc1[N+](=O)[O-]. The smallest absolute Gasteiger partial charge is 0.311 e. The molecular formula is C14H12N4O2. The molecule has 0 spiro atoms. The molecule has 100 valence electrons. The van der Waals surface area contributed by atoms with Crippen LogP contribution in [0.2, 0.25) is 0 Å². The van der Waals surface area contributed by atoms with Crippen molar-refractivity contribution >= 4 is 11.5 Å².